The van der Waals surface area contributed by atoms with Crippen LogP contribution in [-0.4, -0.2) is 28.2 Å². The molecule has 7 nitrogen and oxygen atoms in total. The van der Waals surface area contributed by atoms with Crippen molar-refractivity contribution in [2.75, 3.05) is 12.4 Å². The summed E-state index contributed by atoms with van der Waals surface area (Å²) in [6.45, 7) is 4.03. The van der Waals surface area contributed by atoms with Gasteiger partial charge in [-0.05, 0) is 38.1 Å². The van der Waals surface area contributed by atoms with Crippen molar-refractivity contribution in [3.05, 3.63) is 64.9 Å². The van der Waals surface area contributed by atoms with E-state index < -0.39 is 0 Å². The number of carbonyl (C=O) groups excluding carboxylic acids is 1. The number of benzene rings is 2. The lowest BCUT2D eigenvalue weighted by Gasteiger charge is -2.07. The summed E-state index contributed by atoms with van der Waals surface area (Å²) in [4.78, 5) is 16.9. The number of hydrogen-bond acceptors (Lipinski definition) is 7. The molecule has 0 aliphatic rings. The monoisotopic (exact) mass is 434 g/mol. The smallest absolute Gasteiger partial charge is 0.247 e. The number of nitrogens with zero attached hydrogens (tertiary/aromatic N) is 3. The number of rotatable bonds is 7. The van der Waals surface area contributed by atoms with Gasteiger partial charge in [0.1, 0.15) is 5.75 Å². The Bertz CT molecular complexity index is 1200. The van der Waals surface area contributed by atoms with Crippen LogP contribution in [0.2, 0.25) is 0 Å². The lowest BCUT2D eigenvalue weighted by atomic mass is 10.1. The van der Waals surface area contributed by atoms with Gasteiger partial charge in [0.2, 0.25) is 17.7 Å². The molecule has 0 bridgehead atoms. The molecule has 0 fully saturated rings. The minimum absolute atomic E-state index is 0.160. The number of methoxy groups -OCH3 is 1. The predicted octanol–water partition coefficient (Wildman–Crippen LogP) is 5.06. The maximum Gasteiger partial charge on any atom is 0.247 e. The Morgan fingerprint density at radius 1 is 1.10 bits per heavy atom. The molecule has 0 atom stereocenters. The second-order valence-electron chi connectivity index (χ2n) is 7.16. The Labute approximate surface area is 184 Å². The number of aryl methyl sites for hydroxylation is 3. The van der Waals surface area contributed by atoms with Gasteiger partial charge >= 0.3 is 0 Å². The van der Waals surface area contributed by atoms with Crippen LogP contribution in [0.3, 0.4) is 0 Å². The Hall–Kier alpha value is -3.52. The zero-order chi connectivity index (χ0) is 21.8. The summed E-state index contributed by atoms with van der Waals surface area (Å²) >= 11 is 1.37. The molecule has 1 amide bonds. The zero-order valence-corrected chi connectivity index (χ0v) is 18.3. The first-order chi connectivity index (χ1) is 15.0. The SMILES string of the molecule is COc1ccc(C)cc1-c1csc(NC(=O)CCc2nnc(-c3ccc(C)cc3)o2)n1. The number of hydrogen-bond donors (Lipinski definition) is 1. The van der Waals surface area contributed by atoms with Crippen LogP contribution in [-0.2, 0) is 11.2 Å². The van der Waals surface area contributed by atoms with E-state index in [0.717, 1.165) is 33.7 Å². The standard InChI is InChI=1S/C23H22N4O3S/c1-14-4-7-16(8-5-14)22-27-26-21(30-22)11-10-20(28)25-23-24-18(13-31-23)17-12-15(2)6-9-19(17)29-3/h4-9,12-13H,10-11H2,1-3H3,(H,24,25,28). The van der Waals surface area contributed by atoms with Crippen molar-refractivity contribution >= 4 is 22.4 Å². The van der Waals surface area contributed by atoms with E-state index >= 15 is 0 Å². The molecule has 2 aromatic carbocycles. The number of carbonyl (C=O) groups is 1. The fourth-order valence-electron chi connectivity index (χ4n) is 3.05. The lowest BCUT2D eigenvalue weighted by Crippen LogP contribution is -2.12. The van der Waals surface area contributed by atoms with Crippen LogP contribution in [0, 0.1) is 13.8 Å². The molecular weight excluding hydrogens is 412 g/mol. The molecule has 0 radical (unpaired) electrons. The highest BCUT2D eigenvalue weighted by atomic mass is 32.1. The van der Waals surface area contributed by atoms with Gasteiger partial charge in [-0.25, -0.2) is 4.98 Å². The van der Waals surface area contributed by atoms with Gasteiger partial charge in [0, 0.05) is 29.3 Å². The van der Waals surface area contributed by atoms with E-state index in [0.29, 0.717) is 23.3 Å². The normalized spacial score (nSPS) is 10.8. The molecule has 158 valence electrons. The van der Waals surface area contributed by atoms with Gasteiger partial charge in [0.05, 0.1) is 12.8 Å². The second-order valence-corrected chi connectivity index (χ2v) is 8.01. The first-order valence-corrected chi connectivity index (χ1v) is 10.7. The Morgan fingerprint density at radius 2 is 1.87 bits per heavy atom. The van der Waals surface area contributed by atoms with Crippen LogP contribution in [0.15, 0.2) is 52.3 Å². The Kier molecular flexibility index (Phi) is 6.08. The minimum Gasteiger partial charge on any atom is -0.496 e. The van der Waals surface area contributed by atoms with Crippen molar-refractivity contribution in [3.63, 3.8) is 0 Å². The fourth-order valence-corrected chi connectivity index (χ4v) is 3.77. The maximum absolute atomic E-state index is 12.4. The molecule has 0 spiro atoms. The third-order valence-corrected chi connectivity index (χ3v) is 5.47. The molecule has 0 unspecified atom stereocenters. The van der Waals surface area contributed by atoms with Crippen molar-refractivity contribution in [3.8, 4) is 28.5 Å². The highest BCUT2D eigenvalue weighted by Gasteiger charge is 2.14. The van der Waals surface area contributed by atoms with Crippen molar-refractivity contribution in [2.24, 2.45) is 0 Å². The third-order valence-electron chi connectivity index (χ3n) is 4.71. The Morgan fingerprint density at radius 3 is 2.65 bits per heavy atom. The van der Waals surface area contributed by atoms with Crippen molar-refractivity contribution < 1.29 is 13.9 Å². The van der Waals surface area contributed by atoms with E-state index in [1.807, 2.05) is 61.7 Å². The van der Waals surface area contributed by atoms with Crippen molar-refractivity contribution in [2.45, 2.75) is 26.7 Å². The van der Waals surface area contributed by atoms with Crippen LogP contribution in [0.5, 0.6) is 5.75 Å². The third kappa shape index (κ3) is 4.97. The summed E-state index contributed by atoms with van der Waals surface area (Å²) in [5, 5.41) is 13.4. The number of nitrogens with one attached hydrogen (secondary N) is 1. The van der Waals surface area contributed by atoms with Gasteiger partial charge in [0.25, 0.3) is 0 Å². The molecule has 0 saturated heterocycles. The van der Waals surface area contributed by atoms with Crippen LogP contribution in [0.4, 0.5) is 5.13 Å². The van der Waals surface area contributed by atoms with E-state index in [-0.39, 0.29) is 12.3 Å². The molecule has 4 aromatic rings. The molecule has 2 aromatic heterocycles. The first kappa shape index (κ1) is 20.7. The number of ether oxygens (including phenoxy) is 1. The molecule has 0 saturated carbocycles. The summed E-state index contributed by atoms with van der Waals surface area (Å²) in [5.41, 5.74) is 4.79. The Balaban J connectivity index is 1.36. The van der Waals surface area contributed by atoms with Crippen molar-refractivity contribution in [1.82, 2.24) is 15.2 Å². The molecule has 2 heterocycles. The quantitative estimate of drug-likeness (QED) is 0.437. The van der Waals surface area contributed by atoms with Gasteiger partial charge in [-0.3, -0.25) is 4.79 Å². The molecule has 1 N–H and O–H groups in total. The van der Waals surface area contributed by atoms with E-state index in [1.165, 1.54) is 11.3 Å². The summed E-state index contributed by atoms with van der Waals surface area (Å²) < 4.78 is 11.1. The highest BCUT2D eigenvalue weighted by Crippen LogP contribution is 2.33. The van der Waals surface area contributed by atoms with E-state index in [9.17, 15) is 4.79 Å². The van der Waals surface area contributed by atoms with E-state index in [2.05, 4.69) is 20.5 Å². The van der Waals surface area contributed by atoms with E-state index in [4.69, 9.17) is 9.15 Å². The number of anilines is 1. The van der Waals surface area contributed by atoms with Crippen molar-refractivity contribution in [1.29, 1.82) is 0 Å². The molecule has 0 aliphatic carbocycles. The van der Waals surface area contributed by atoms with Gasteiger partial charge < -0.3 is 14.5 Å². The molecule has 4 rings (SSSR count). The molecule has 8 heteroatoms. The summed E-state index contributed by atoms with van der Waals surface area (Å²) in [7, 11) is 1.63. The van der Waals surface area contributed by atoms with Gasteiger partial charge in [-0.1, -0.05) is 29.3 Å². The highest BCUT2D eigenvalue weighted by molar-refractivity contribution is 7.14. The predicted molar refractivity (Wildman–Crippen MR) is 120 cm³/mol. The van der Waals surface area contributed by atoms with Gasteiger partial charge in [-0.2, -0.15) is 0 Å². The minimum atomic E-state index is -0.160. The van der Waals surface area contributed by atoms with Crippen LogP contribution >= 0.6 is 11.3 Å². The van der Waals surface area contributed by atoms with Crippen LogP contribution < -0.4 is 10.1 Å². The van der Waals surface area contributed by atoms with Crippen LogP contribution in [0.1, 0.15) is 23.4 Å². The summed E-state index contributed by atoms with van der Waals surface area (Å²) in [6.07, 6.45) is 0.576. The van der Waals surface area contributed by atoms with Gasteiger partial charge in [0.15, 0.2) is 5.13 Å². The largest absolute Gasteiger partial charge is 0.496 e. The maximum atomic E-state index is 12.4. The topological polar surface area (TPSA) is 90.1 Å². The molecular formula is C23H22N4O3S. The zero-order valence-electron chi connectivity index (χ0n) is 17.5. The average molecular weight is 435 g/mol. The van der Waals surface area contributed by atoms with Crippen LogP contribution in [0.25, 0.3) is 22.7 Å². The number of amides is 1. The molecule has 0 aliphatic heterocycles. The van der Waals surface area contributed by atoms with E-state index in [1.54, 1.807) is 7.11 Å². The number of thiazole rings is 1. The first-order valence-electron chi connectivity index (χ1n) is 9.81. The summed E-state index contributed by atoms with van der Waals surface area (Å²) in [5.74, 6) is 1.46. The summed E-state index contributed by atoms with van der Waals surface area (Å²) in [6, 6.07) is 13.8. The number of aromatic nitrogens is 3. The average Bonchev–Trinajstić information content (AvgIpc) is 3.42. The molecule has 31 heavy (non-hydrogen) atoms. The fraction of sp³-hybridized carbons (Fsp3) is 0.217. The lowest BCUT2D eigenvalue weighted by molar-refractivity contribution is -0.116. The second kappa shape index (κ2) is 9.09. The van der Waals surface area contributed by atoms with Gasteiger partial charge in [-0.15, -0.1) is 21.5 Å².